The van der Waals surface area contributed by atoms with E-state index in [1.807, 2.05) is 58.0 Å². The monoisotopic (exact) mass is 410 g/mol. The van der Waals surface area contributed by atoms with Crippen LogP contribution in [0.4, 0.5) is 5.69 Å². The number of benzene rings is 1. The smallest absolute Gasteiger partial charge is 0.189 e. The lowest BCUT2D eigenvalue weighted by Gasteiger charge is -2.31. The van der Waals surface area contributed by atoms with Crippen molar-refractivity contribution in [1.82, 2.24) is 5.32 Å². The molecule has 2 saturated heterocycles. The Morgan fingerprint density at radius 3 is 2.61 bits per heavy atom. The van der Waals surface area contributed by atoms with Crippen molar-refractivity contribution in [2.24, 2.45) is 0 Å². The number of nitrogens with one attached hydrogen (secondary N) is 2. The summed E-state index contributed by atoms with van der Waals surface area (Å²) < 4.78 is 29.7. The van der Waals surface area contributed by atoms with Crippen molar-refractivity contribution in [3.63, 3.8) is 0 Å². The highest BCUT2D eigenvalue weighted by Crippen LogP contribution is 2.39. The van der Waals surface area contributed by atoms with Crippen LogP contribution in [0.5, 0.6) is 0 Å². The van der Waals surface area contributed by atoms with Crippen molar-refractivity contribution in [1.29, 1.82) is 0 Å². The summed E-state index contributed by atoms with van der Waals surface area (Å²) in [4.78, 5) is 0. The SMILES string of the molecule is CCOC[C@@H](OCC)[C@H]1O[C@@H]2OC(C)(C)O[C@@H]2[C@H]1NC(=S)Nc1ccccc1. The first-order valence-electron chi connectivity index (χ1n) is 9.76. The molecular weight excluding hydrogens is 380 g/mol. The second-order valence-electron chi connectivity index (χ2n) is 7.21. The number of hydrogen-bond acceptors (Lipinski definition) is 6. The van der Waals surface area contributed by atoms with Crippen molar-refractivity contribution >= 4 is 23.0 Å². The second-order valence-corrected chi connectivity index (χ2v) is 7.62. The van der Waals surface area contributed by atoms with Gasteiger partial charge in [-0.2, -0.15) is 0 Å². The molecule has 2 aliphatic rings. The van der Waals surface area contributed by atoms with Crippen molar-refractivity contribution in [3.8, 4) is 0 Å². The summed E-state index contributed by atoms with van der Waals surface area (Å²) >= 11 is 5.54. The molecule has 2 N–H and O–H groups in total. The number of ether oxygens (including phenoxy) is 5. The molecule has 0 unspecified atom stereocenters. The van der Waals surface area contributed by atoms with E-state index in [1.165, 1.54) is 0 Å². The lowest BCUT2D eigenvalue weighted by Crippen LogP contribution is -2.54. The minimum Gasteiger partial charge on any atom is -0.379 e. The van der Waals surface area contributed by atoms with Gasteiger partial charge in [-0.25, -0.2) is 0 Å². The molecule has 1 aromatic carbocycles. The van der Waals surface area contributed by atoms with Crippen molar-refractivity contribution in [3.05, 3.63) is 30.3 Å². The van der Waals surface area contributed by atoms with Crippen LogP contribution in [0.3, 0.4) is 0 Å². The van der Waals surface area contributed by atoms with Gasteiger partial charge in [0.2, 0.25) is 0 Å². The molecule has 156 valence electrons. The Balaban J connectivity index is 1.74. The topological polar surface area (TPSA) is 70.2 Å². The molecule has 0 saturated carbocycles. The van der Waals surface area contributed by atoms with E-state index >= 15 is 0 Å². The fourth-order valence-electron chi connectivity index (χ4n) is 3.54. The summed E-state index contributed by atoms with van der Waals surface area (Å²) in [5.74, 6) is -0.713. The first kappa shape index (κ1) is 21.4. The van der Waals surface area contributed by atoms with E-state index in [2.05, 4.69) is 10.6 Å². The second kappa shape index (κ2) is 9.47. The van der Waals surface area contributed by atoms with Gasteiger partial charge in [0, 0.05) is 18.9 Å². The van der Waals surface area contributed by atoms with Crippen LogP contribution in [0, 0.1) is 0 Å². The van der Waals surface area contributed by atoms with Crippen LogP contribution in [-0.2, 0) is 23.7 Å². The van der Waals surface area contributed by atoms with Gasteiger partial charge in [-0.3, -0.25) is 0 Å². The number of fused-ring (bicyclic) bond motifs is 1. The average Bonchev–Trinajstić information content (AvgIpc) is 3.12. The Kier molecular flexibility index (Phi) is 7.25. The van der Waals surface area contributed by atoms with Crippen LogP contribution >= 0.6 is 12.2 Å². The van der Waals surface area contributed by atoms with Crippen LogP contribution in [0.1, 0.15) is 27.7 Å². The maximum Gasteiger partial charge on any atom is 0.189 e. The Labute approximate surface area is 172 Å². The van der Waals surface area contributed by atoms with E-state index in [-0.39, 0.29) is 24.4 Å². The van der Waals surface area contributed by atoms with Crippen LogP contribution in [0.2, 0.25) is 0 Å². The maximum absolute atomic E-state index is 6.19. The maximum atomic E-state index is 6.19. The van der Waals surface area contributed by atoms with Crippen molar-refractivity contribution in [2.45, 2.75) is 64.1 Å². The van der Waals surface area contributed by atoms with E-state index in [9.17, 15) is 0 Å². The van der Waals surface area contributed by atoms with Gasteiger partial charge < -0.3 is 34.3 Å². The van der Waals surface area contributed by atoms with Gasteiger partial charge in [0.25, 0.3) is 0 Å². The highest BCUT2D eigenvalue weighted by molar-refractivity contribution is 7.80. The minimum absolute atomic E-state index is 0.243. The Morgan fingerprint density at radius 2 is 1.93 bits per heavy atom. The first-order chi connectivity index (χ1) is 13.4. The van der Waals surface area contributed by atoms with Crippen molar-refractivity contribution in [2.75, 3.05) is 25.1 Å². The molecule has 2 fully saturated rings. The van der Waals surface area contributed by atoms with E-state index in [4.69, 9.17) is 35.9 Å². The summed E-state index contributed by atoms with van der Waals surface area (Å²) in [5, 5.41) is 7.05. The van der Waals surface area contributed by atoms with Crippen LogP contribution in [0.25, 0.3) is 0 Å². The van der Waals surface area contributed by atoms with E-state index in [1.54, 1.807) is 0 Å². The van der Waals surface area contributed by atoms with Crippen molar-refractivity contribution < 1.29 is 23.7 Å². The summed E-state index contributed by atoms with van der Waals surface area (Å²) in [5.41, 5.74) is 0.909. The largest absolute Gasteiger partial charge is 0.379 e. The molecule has 0 spiro atoms. The third-order valence-electron chi connectivity index (χ3n) is 4.65. The highest BCUT2D eigenvalue weighted by atomic mass is 32.1. The molecule has 0 amide bonds. The zero-order valence-electron chi connectivity index (χ0n) is 16.8. The Bertz CT molecular complexity index is 645. The third kappa shape index (κ3) is 5.20. The molecule has 1 aromatic rings. The van der Waals surface area contributed by atoms with Crippen LogP contribution < -0.4 is 10.6 Å². The molecule has 0 aliphatic carbocycles. The fraction of sp³-hybridized carbons (Fsp3) is 0.650. The predicted molar refractivity (Wildman–Crippen MR) is 110 cm³/mol. The van der Waals surface area contributed by atoms with E-state index in [0.717, 1.165) is 5.69 Å². The average molecular weight is 411 g/mol. The summed E-state index contributed by atoms with van der Waals surface area (Å²) in [6.07, 6.45) is -1.38. The Hall–Kier alpha value is -1.29. The minimum atomic E-state index is -0.713. The van der Waals surface area contributed by atoms with Gasteiger partial charge in [0.1, 0.15) is 18.3 Å². The van der Waals surface area contributed by atoms with Gasteiger partial charge in [0.05, 0.1) is 12.6 Å². The van der Waals surface area contributed by atoms with Gasteiger partial charge >= 0.3 is 0 Å². The molecule has 2 aliphatic heterocycles. The number of rotatable bonds is 8. The van der Waals surface area contributed by atoms with Crippen LogP contribution in [-0.4, -0.2) is 61.4 Å². The lowest BCUT2D eigenvalue weighted by atomic mass is 10.0. The van der Waals surface area contributed by atoms with Gasteiger partial charge in [-0.1, -0.05) is 18.2 Å². The van der Waals surface area contributed by atoms with Crippen LogP contribution in [0.15, 0.2) is 30.3 Å². The third-order valence-corrected chi connectivity index (χ3v) is 4.87. The Morgan fingerprint density at radius 1 is 1.18 bits per heavy atom. The zero-order chi connectivity index (χ0) is 20.1. The number of hydrogen-bond donors (Lipinski definition) is 2. The molecule has 28 heavy (non-hydrogen) atoms. The molecular formula is C20H30N2O5S. The quantitative estimate of drug-likeness (QED) is 0.634. The molecule has 8 heteroatoms. The molecule has 7 nitrogen and oxygen atoms in total. The lowest BCUT2D eigenvalue weighted by molar-refractivity contribution is -0.222. The molecule has 3 rings (SSSR count). The number of anilines is 1. The molecule has 0 aromatic heterocycles. The molecule has 0 radical (unpaired) electrons. The van der Waals surface area contributed by atoms with E-state index < -0.39 is 12.1 Å². The zero-order valence-corrected chi connectivity index (χ0v) is 17.7. The first-order valence-corrected chi connectivity index (χ1v) is 10.2. The standard InChI is InChI=1S/C20H30N2O5S/c1-5-23-12-14(24-6-2)16-15(17-18(25-16)27-20(3,4)26-17)22-19(28)21-13-10-8-7-9-11-13/h7-11,14-18H,5-6,12H2,1-4H3,(H2,21,22,28)/t14-,15+,16-,17-,18-/m1/s1. The van der Waals surface area contributed by atoms with Gasteiger partial charge in [-0.05, 0) is 52.0 Å². The molecule has 5 atom stereocenters. The fourth-order valence-corrected chi connectivity index (χ4v) is 3.80. The summed E-state index contributed by atoms with van der Waals surface area (Å²) in [6.45, 7) is 9.25. The summed E-state index contributed by atoms with van der Waals surface area (Å²) in [6, 6.07) is 9.52. The normalized spacial score (nSPS) is 29.3. The molecule has 2 heterocycles. The number of para-hydroxylation sites is 1. The van der Waals surface area contributed by atoms with Gasteiger partial charge in [0.15, 0.2) is 17.2 Å². The number of thiocarbonyl (C=S) groups is 1. The molecule has 0 bridgehead atoms. The van der Waals surface area contributed by atoms with Gasteiger partial charge in [-0.15, -0.1) is 0 Å². The summed E-state index contributed by atoms with van der Waals surface area (Å²) in [7, 11) is 0. The predicted octanol–water partition coefficient (Wildman–Crippen LogP) is 2.66. The van der Waals surface area contributed by atoms with E-state index in [0.29, 0.717) is 24.9 Å². The highest BCUT2D eigenvalue weighted by Gasteiger charge is 2.57.